The predicted octanol–water partition coefficient (Wildman–Crippen LogP) is -0.330. The Hall–Kier alpha value is -1.43. The number of ether oxygens (including phenoxy) is 1. The third-order valence-corrected chi connectivity index (χ3v) is 5.20. The Morgan fingerprint density at radius 1 is 1.05 bits per heavy atom. The molecule has 0 unspecified atom stereocenters. The molecule has 0 aliphatic rings. The van der Waals surface area contributed by atoms with Crippen LogP contribution in [0.4, 0.5) is 4.39 Å². The molecule has 0 bridgehead atoms. The van der Waals surface area contributed by atoms with Crippen molar-refractivity contribution in [1.29, 1.82) is 0 Å². The monoisotopic (exact) mass is 371 g/mol. The maximum absolute atomic E-state index is 12.8. The number of benzene rings is 2. The minimum absolute atomic E-state index is 0.207. The molecule has 0 saturated carbocycles. The molecule has 2 aromatic rings. The van der Waals surface area contributed by atoms with Crippen molar-refractivity contribution in [1.82, 2.24) is 0 Å². The van der Waals surface area contributed by atoms with Gasteiger partial charge in [0.15, 0.2) is 0 Å². The maximum atomic E-state index is 12.8. The van der Waals surface area contributed by atoms with Crippen LogP contribution in [0.5, 0.6) is 0 Å². The van der Waals surface area contributed by atoms with Gasteiger partial charge in [0.25, 0.3) is 0 Å². The molecule has 0 aromatic heterocycles. The Morgan fingerprint density at radius 2 is 1.58 bits per heavy atom. The predicted molar refractivity (Wildman–Crippen MR) is 66.0 cm³/mol. The molecular formula is C15H13FIO2-. The van der Waals surface area contributed by atoms with Crippen LogP contribution in [-0.2, 0) is 16.0 Å². The van der Waals surface area contributed by atoms with E-state index in [-0.39, 0.29) is 33.0 Å². The molecule has 0 heterocycles. The van der Waals surface area contributed by atoms with Gasteiger partial charge in [-0.25, -0.2) is 0 Å². The van der Waals surface area contributed by atoms with Crippen molar-refractivity contribution < 1.29 is 35.1 Å². The summed E-state index contributed by atoms with van der Waals surface area (Å²) in [5, 5.41) is 0. The molecular weight excluding hydrogens is 358 g/mol. The Bertz CT molecular complexity index is 549. The summed E-state index contributed by atoms with van der Waals surface area (Å²) < 4.78 is 19.8. The molecule has 2 rings (SSSR count). The second-order valence-electron chi connectivity index (χ2n) is 3.91. The van der Waals surface area contributed by atoms with Crippen molar-refractivity contribution in [3.63, 3.8) is 0 Å². The van der Waals surface area contributed by atoms with E-state index in [1.807, 2.05) is 36.4 Å². The topological polar surface area (TPSA) is 26.3 Å². The van der Waals surface area contributed by atoms with E-state index in [1.54, 1.807) is 0 Å². The van der Waals surface area contributed by atoms with Gasteiger partial charge < -0.3 is 0 Å². The Balaban J connectivity index is 2.02. The van der Waals surface area contributed by atoms with Crippen LogP contribution in [0.15, 0.2) is 48.5 Å². The summed E-state index contributed by atoms with van der Waals surface area (Å²) in [6.45, 7) is 0. The first-order valence-corrected chi connectivity index (χ1v) is 7.89. The van der Waals surface area contributed by atoms with E-state index < -0.39 is 0 Å². The van der Waals surface area contributed by atoms with Gasteiger partial charge in [-0.05, 0) is 0 Å². The molecule has 0 atom stereocenters. The van der Waals surface area contributed by atoms with Gasteiger partial charge in [-0.2, -0.15) is 0 Å². The van der Waals surface area contributed by atoms with Crippen molar-refractivity contribution in [3.05, 3.63) is 67.1 Å². The van der Waals surface area contributed by atoms with Crippen LogP contribution < -0.4 is 21.2 Å². The van der Waals surface area contributed by atoms with E-state index in [2.05, 4.69) is 4.74 Å². The standard InChI is InChI=1S/C15H13FIO2/c1-19-15(18)10-11-2-6-13(7-3-11)17-14-8-4-12(16)5-9-14/h2-9H,10H2,1H3/q-1. The summed E-state index contributed by atoms with van der Waals surface area (Å²) in [5.74, 6) is -0.442. The molecule has 0 radical (unpaired) electrons. The molecule has 0 N–H and O–H groups in total. The van der Waals surface area contributed by atoms with E-state index in [1.165, 1.54) is 26.4 Å². The molecule has 0 fully saturated rings. The van der Waals surface area contributed by atoms with Crippen LogP contribution in [0.3, 0.4) is 0 Å². The number of hydrogen-bond donors (Lipinski definition) is 0. The van der Waals surface area contributed by atoms with Gasteiger partial charge in [0.1, 0.15) is 0 Å². The second-order valence-corrected chi connectivity index (χ2v) is 6.94. The van der Waals surface area contributed by atoms with Gasteiger partial charge in [-0.3, -0.25) is 0 Å². The number of esters is 1. The average Bonchev–Trinajstić information content (AvgIpc) is 2.43. The molecule has 2 aromatic carbocycles. The van der Waals surface area contributed by atoms with Crippen molar-refractivity contribution >= 4 is 5.97 Å². The first-order valence-electron chi connectivity index (χ1n) is 5.73. The van der Waals surface area contributed by atoms with Gasteiger partial charge in [0, 0.05) is 0 Å². The fourth-order valence-electron chi connectivity index (χ4n) is 1.52. The number of hydrogen-bond acceptors (Lipinski definition) is 2. The Labute approximate surface area is 121 Å². The normalized spacial score (nSPS) is 10.4. The molecule has 0 aliphatic carbocycles. The van der Waals surface area contributed by atoms with Gasteiger partial charge in [-0.1, -0.05) is 0 Å². The number of halogens is 2. The van der Waals surface area contributed by atoms with Crippen LogP contribution >= 0.6 is 0 Å². The van der Waals surface area contributed by atoms with Gasteiger partial charge in [-0.15, -0.1) is 0 Å². The average molecular weight is 371 g/mol. The number of methoxy groups -OCH3 is 1. The fourth-order valence-corrected chi connectivity index (χ4v) is 3.68. The first-order chi connectivity index (χ1) is 9.17. The van der Waals surface area contributed by atoms with Crippen molar-refractivity contribution in [2.45, 2.75) is 6.42 Å². The number of carbonyl (C=O) groups is 1. The molecule has 0 saturated heterocycles. The van der Waals surface area contributed by atoms with Crippen LogP contribution in [0.2, 0.25) is 0 Å². The zero-order valence-electron chi connectivity index (χ0n) is 10.4. The van der Waals surface area contributed by atoms with E-state index in [0.29, 0.717) is 6.42 Å². The second kappa shape index (κ2) is 6.65. The zero-order chi connectivity index (χ0) is 13.7. The summed E-state index contributed by atoms with van der Waals surface area (Å²) in [7, 11) is 1.39. The molecule has 100 valence electrons. The minimum atomic E-state index is -0.305. The summed E-state index contributed by atoms with van der Waals surface area (Å²) in [4.78, 5) is 11.1. The van der Waals surface area contributed by atoms with Crippen molar-refractivity contribution in [2.75, 3.05) is 7.11 Å². The third kappa shape index (κ3) is 4.31. The van der Waals surface area contributed by atoms with Crippen LogP contribution in [0.25, 0.3) is 0 Å². The zero-order valence-corrected chi connectivity index (χ0v) is 12.6. The van der Waals surface area contributed by atoms with E-state index in [9.17, 15) is 9.18 Å². The van der Waals surface area contributed by atoms with Crippen LogP contribution in [0, 0.1) is 13.0 Å². The SMILES string of the molecule is COC(=O)Cc1ccc([I-]c2ccc(F)cc2)cc1. The third-order valence-electron chi connectivity index (χ3n) is 2.51. The summed E-state index contributed by atoms with van der Waals surface area (Å²) in [6, 6.07) is 14.5. The summed E-state index contributed by atoms with van der Waals surface area (Å²) in [5.41, 5.74) is 0.943. The van der Waals surface area contributed by atoms with Gasteiger partial charge >= 0.3 is 122 Å². The molecule has 4 heteroatoms. The number of carbonyl (C=O) groups excluding carboxylic acids is 1. The van der Waals surface area contributed by atoms with E-state index >= 15 is 0 Å². The van der Waals surface area contributed by atoms with Crippen LogP contribution in [0.1, 0.15) is 5.56 Å². The molecule has 0 aliphatic heterocycles. The van der Waals surface area contributed by atoms with E-state index in [0.717, 1.165) is 5.56 Å². The summed E-state index contributed by atoms with van der Waals surface area (Å²) >= 11 is -0.305. The van der Waals surface area contributed by atoms with Crippen molar-refractivity contribution in [3.8, 4) is 0 Å². The van der Waals surface area contributed by atoms with Crippen molar-refractivity contribution in [2.24, 2.45) is 0 Å². The molecule has 0 amide bonds. The summed E-state index contributed by atoms with van der Waals surface area (Å²) in [6.07, 6.45) is 0.297. The van der Waals surface area contributed by atoms with E-state index in [4.69, 9.17) is 0 Å². The fraction of sp³-hybridized carbons (Fsp3) is 0.133. The number of rotatable bonds is 4. The first kappa shape index (κ1) is 14.0. The molecule has 2 nitrogen and oxygen atoms in total. The van der Waals surface area contributed by atoms with Gasteiger partial charge in [0.05, 0.1) is 0 Å². The molecule has 19 heavy (non-hydrogen) atoms. The Kier molecular flexibility index (Phi) is 4.90. The quantitative estimate of drug-likeness (QED) is 0.544. The Morgan fingerprint density at radius 3 is 2.11 bits per heavy atom. The van der Waals surface area contributed by atoms with Gasteiger partial charge in [0.2, 0.25) is 0 Å². The molecule has 0 spiro atoms. The van der Waals surface area contributed by atoms with Crippen LogP contribution in [-0.4, -0.2) is 13.1 Å².